The van der Waals surface area contributed by atoms with Gasteiger partial charge in [-0.3, -0.25) is 5.32 Å². The molecule has 2 N–H and O–H groups in total. The zero-order valence-electron chi connectivity index (χ0n) is 19.6. The third kappa shape index (κ3) is 8.33. The number of hydrogen-bond donors (Lipinski definition) is 2. The van der Waals surface area contributed by atoms with Gasteiger partial charge < -0.3 is 14.8 Å². The summed E-state index contributed by atoms with van der Waals surface area (Å²) >= 11 is 11.5. The fourth-order valence-corrected chi connectivity index (χ4v) is 3.76. The van der Waals surface area contributed by atoms with Crippen LogP contribution in [-0.2, 0) is 26.4 Å². The highest BCUT2D eigenvalue weighted by molar-refractivity contribution is 7.80. The van der Waals surface area contributed by atoms with E-state index in [-0.39, 0.29) is 23.2 Å². The number of halogens is 1. The highest BCUT2D eigenvalue weighted by atomic mass is 35.5. The Morgan fingerprint density at radius 1 is 1.03 bits per heavy atom. The number of esters is 1. The first-order valence-corrected chi connectivity index (χ1v) is 11.5. The summed E-state index contributed by atoms with van der Waals surface area (Å²) in [6.45, 7) is 9.67. The van der Waals surface area contributed by atoms with E-state index in [4.69, 9.17) is 33.3 Å². The summed E-state index contributed by atoms with van der Waals surface area (Å²) < 4.78 is 10.9. The molecule has 0 bridgehead atoms. The van der Waals surface area contributed by atoms with Crippen LogP contribution in [0.4, 0.5) is 4.79 Å². The van der Waals surface area contributed by atoms with E-state index in [1.165, 1.54) is 0 Å². The smallest absolute Gasteiger partial charge is 0.413 e. The molecule has 6 nitrogen and oxygen atoms in total. The van der Waals surface area contributed by atoms with E-state index in [1.807, 2.05) is 51.1 Å². The Hall–Kier alpha value is -2.64. The van der Waals surface area contributed by atoms with Crippen LogP contribution in [0.2, 0.25) is 5.02 Å². The number of hydrogen-bond acceptors (Lipinski definition) is 5. The number of benzene rings is 2. The Bertz CT molecular complexity index is 959. The van der Waals surface area contributed by atoms with Gasteiger partial charge in [-0.05, 0) is 61.2 Å². The Morgan fingerprint density at radius 2 is 1.64 bits per heavy atom. The molecule has 0 aliphatic rings. The van der Waals surface area contributed by atoms with E-state index in [9.17, 15) is 9.59 Å². The lowest BCUT2D eigenvalue weighted by molar-refractivity contribution is -0.157. The summed E-state index contributed by atoms with van der Waals surface area (Å²) in [4.78, 5) is 25.8. The van der Waals surface area contributed by atoms with Crippen LogP contribution < -0.4 is 10.6 Å². The van der Waals surface area contributed by atoms with E-state index in [2.05, 4.69) is 10.6 Å². The molecule has 0 heterocycles. The van der Waals surface area contributed by atoms with Gasteiger partial charge in [0, 0.05) is 5.02 Å². The van der Waals surface area contributed by atoms with Gasteiger partial charge in [0.15, 0.2) is 10.7 Å². The van der Waals surface area contributed by atoms with Gasteiger partial charge in [-0.25, -0.2) is 9.59 Å². The minimum absolute atomic E-state index is 0.0482. The zero-order valence-corrected chi connectivity index (χ0v) is 21.2. The van der Waals surface area contributed by atoms with Gasteiger partial charge in [-0.15, -0.1) is 0 Å². The van der Waals surface area contributed by atoms with Gasteiger partial charge >= 0.3 is 12.1 Å². The molecule has 0 saturated heterocycles. The molecule has 33 heavy (non-hydrogen) atoms. The van der Waals surface area contributed by atoms with Crippen LogP contribution in [0.25, 0.3) is 0 Å². The first-order chi connectivity index (χ1) is 15.4. The topological polar surface area (TPSA) is 76.7 Å². The average Bonchev–Trinajstić information content (AvgIpc) is 2.71. The monoisotopic (exact) mass is 490 g/mol. The van der Waals surface area contributed by atoms with Gasteiger partial charge in [0.25, 0.3) is 0 Å². The van der Waals surface area contributed by atoms with E-state index >= 15 is 0 Å². The van der Waals surface area contributed by atoms with Crippen molar-refractivity contribution in [1.29, 1.82) is 0 Å². The number of rotatable bonds is 7. The Kier molecular flexibility index (Phi) is 9.25. The number of nitrogens with one attached hydrogen (secondary N) is 2. The highest BCUT2D eigenvalue weighted by Crippen LogP contribution is 2.37. The van der Waals surface area contributed by atoms with Crippen molar-refractivity contribution >= 4 is 41.0 Å². The summed E-state index contributed by atoms with van der Waals surface area (Å²) in [6, 6.07) is 16.2. The first kappa shape index (κ1) is 26.6. The van der Waals surface area contributed by atoms with Crippen molar-refractivity contribution in [2.45, 2.75) is 59.3 Å². The van der Waals surface area contributed by atoms with Crippen LogP contribution in [0.1, 0.15) is 52.2 Å². The molecule has 0 aromatic heterocycles. The molecular weight excluding hydrogens is 460 g/mol. The second kappa shape index (κ2) is 11.5. The molecule has 2 rings (SSSR count). The Morgan fingerprint density at radius 3 is 2.18 bits per heavy atom. The summed E-state index contributed by atoms with van der Waals surface area (Å²) in [6.07, 6.45) is -0.730. The van der Waals surface area contributed by atoms with Crippen molar-refractivity contribution in [2.24, 2.45) is 5.41 Å². The molecule has 0 aliphatic carbocycles. The lowest BCUT2D eigenvalue weighted by Gasteiger charge is -2.39. The van der Waals surface area contributed by atoms with Crippen LogP contribution in [0.15, 0.2) is 54.6 Å². The minimum Gasteiger partial charge on any atom is -0.461 e. The number of thiocarbonyl (C=S) groups is 1. The zero-order chi connectivity index (χ0) is 24.6. The molecule has 178 valence electrons. The lowest BCUT2D eigenvalue weighted by Crippen LogP contribution is -2.58. The van der Waals surface area contributed by atoms with Crippen LogP contribution in [0, 0.1) is 5.41 Å². The van der Waals surface area contributed by atoms with Crippen LogP contribution >= 0.6 is 23.8 Å². The molecule has 0 spiro atoms. The fourth-order valence-electron chi connectivity index (χ4n) is 3.38. The quantitative estimate of drug-likeness (QED) is 0.381. The molecule has 0 radical (unpaired) electrons. The van der Waals surface area contributed by atoms with Crippen molar-refractivity contribution in [2.75, 3.05) is 0 Å². The maximum absolute atomic E-state index is 13.4. The SMILES string of the molecule is CC(C)OC(=O)[C@](CC(C)(C)C)(NC(=S)NC(=O)OCc1ccccc1)c1ccc(Cl)cc1. The predicted molar refractivity (Wildman–Crippen MR) is 134 cm³/mol. The lowest BCUT2D eigenvalue weighted by atomic mass is 9.75. The summed E-state index contributed by atoms with van der Waals surface area (Å²) in [5, 5.41) is 6.05. The van der Waals surface area contributed by atoms with Crippen molar-refractivity contribution in [3.8, 4) is 0 Å². The van der Waals surface area contributed by atoms with Crippen molar-refractivity contribution in [3.05, 3.63) is 70.7 Å². The highest BCUT2D eigenvalue weighted by Gasteiger charge is 2.46. The molecule has 8 heteroatoms. The van der Waals surface area contributed by atoms with Crippen LogP contribution in [-0.4, -0.2) is 23.3 Å². The molecular formula is C25H31ClN2O4S. The Labute approximate surface area is 206 Å². The van der Waals surface area contributed by atoms with Crippen LogP contribution in [0.3, 0.4) is 0 Å². The van der Waals surface area contributed by atoms with Gasteiger partial charge in [0.05, 0.1) is 6.10 Å². The summed E-state index contributed by atoms with van der Waals surface area (Å²) in [7, 11) is 0. The molecule has 0 aliphatic heterocycles. The van der Waals surface area contributed by atoms with E-state index in [0.29, 0.717) is 17.0 Å². The second-order valence-corrected chi connectivity index (χ2v) is 10.1. The number of ether oxygens (including phenoxy) is 2. The molecule has 2 aromatic rings. The summed E-state index contributed by atoms with van der Waals surface area (Å²) in [5.74, 6) is -0.503. The van der Waals surface area contributed by atoms with Crippen molar-refractivity contribution in [3.63, 3.8) is 0 Å². The van der Waals surface area contributed by atoms with Gasteiger partial charge in [0.2, 0.25) is 0 Å². The van der Waals surface area contributed by atoms with E-state index in [1.54, 1.807) is 38.1 Å². The van der Waals surface area contributed by atoms with E-state index < -0.39 is 17.6 Å². The third-order valence-corrected chi connectivity index (χ3v) is 5.04. The maximum atomic E-state index is 13.4. The molecule has 0 fully saturated rings. The predicted octanol–water partition coefficient (Wildman–Crippen LogP) is 5.72. The number of carbonyl (C=O) groups excluding carboxylic acids is 2. The normalized spacial score (nSPS) is 13.1. The van der Waals surface area contributed by atoms with Gasteiger partial charge in [-0.1, -0.05) is 74.8 Å². The van der Waals surface area contributed by atoms with Crippen molar-refractivity contribution in [1.82, 2.24) is 10.6 Å². The maximum Gasteiger partial charge on any atom is 0.413 e. The Balaban J connectivity index is 2.29. The van der Waals surface area contributed by atoms with Crippen molar-refractivity contribution < 1.29 is 19.1 Å². The molecule has 1 atom stereocenters. The van der Waals surface area contributed by atoms with Gasteiger partial charge in [0.1, 0.15) is 6.61 Å². The fraction of sp³-hybridized carbons (Fsp3) is 0.400. The largest absolute Gasteiger partial charge is 0.461 e. The second-order valence-electron chi connectivity index (χ2n) is 9.24. The first-order valence-electron chi connectivity index (χ1n) is 10.7. The number of carbonyl (C=O) groups is 2. The standard InChI is InChI=1S/C25H31ClN2O4S/c1-17(2)32-21(29)25(16-24(3,4)5,19-11-13-20(26)14-12-19)28-22(33)27-23(30)31-15-18-9-7-6-8-10-18/h6-14,17H,15-16H2,1-5H3,(H2,27,28,30,33)/t25-/m1/s1. The average molecular weight is 491 g/mol. The summed E-state index contributed by atoms with van der Waals surface area (Å²) in [5.41, 5.74) is -0.187. The third-order valence-electron chi connectivity index (χ3n) is 4.58. The number of alkyl carbamates (subject to hydrolysis) is 1. The molecule has 2 aromatic carbocycles. The van der Waals surface area contributed by atoms with Crippen LogP contribution in [0.5, 0.6) is 0 Å². The molecule has 0 saturated carbocycles. The van der Waals surface area contributed by atoms with Gasteiger partial charge in [-0.2, -0.15) is 0 Å². The molecule has 0 unspecified atom stereocenters. The molecule has 1 amide bonds. The van der Waals surface area contributed by atoms with E-state index in [0.717, 1.165) is 5.56 Å². The number of amides is 1. The minimum atomic E-state index is -1.35.